The van der Waals surface area contributed by atoms with Crippen molar-refractivity contribution in [3.63, 3.8) is 0 Å². The molecule has 0 aliphatic rings. The van der Waals surface area contributed by atoms with Crippen LogP contribution in [0.25, 0.3) is 0 Å². The summed E-state index contributed by atoms with van der Waals surface area (Å²) in [4.78, 5) is 12.2. The lowest BCUT2D eigenvalue weighted by Crippen LogP contribution is -2.12. The summed E-state index contributed by atoms with van der Waals surface area (Å²) in [7, 11) is 1.42. The van der Waals surface area contributed by atoms with Gasteiger partial charge >= 0.3 is 5.97 Å². The quantitative estimate of drug-likeness (QED) is 0.598. The second-order valence-corrected chi connectivity index (χ2v) is 4.70. The molecule has 1 rings (SSSR count). The summed E-state index contributed by atoms with van der Waals surface area (Å²) in [6.45, 7) is 3.92. The van der Waals surface area contributed by atoms with Gasteiger partial charge < -0.3 is 10.1 Å². The van der Waals surface area contributed by atoms with Gasteiger partial charge in [0.05, 0.1) is 13.5 Å². The summed E-state index contributed by atoms with van der Waals surface area (Å²) in [5.74, 6) is 0.608. The first-order valence-electron chi connectivity index (χ1n) is 5.76. The smallest absolute Gasteiger partial charge is 0.306 e. The predicted molar refractivity (Wildman–Crippen MR) is 71.2 cm³/mol. The first-order valence-corrected chi connectivity index (χ1v) is 6.74. The first-order chi connectivity index (χ1) is 8.27. The van der Waals surface area contributed by atoms with Crippen LogP contribution >= 0.6 is 11.8 Å². The highest BCUT2D eigenvalue weighted by Gasteiger charge is 2.04. The van der Waals surface area contributed by atoms with Crippen LogP contribution in [0.5, 0.6) is 0 Å². The van der Waals surface area contributed by atoms with Crippen LogP contribution in [0.1, 0.15) is 18.9 Å². The van der Waals surface area contributed by atoms with E-state index in [0.717, 1.165) is 18.8 Å². The molecule has 1 aromatic carbocycles. The third-order valence-electron chi connectivity index (χ3n) is 2.33. The lowest BCUT2D eigenvalue weighted by molar-refractivity contribution is -0.140. The van der Waals surface area contributed by atoms with E-state index in [2.05, 4.69) is 29.1 Å². The fourth-order valence-corrected chi connectivity index (χ4v) is 2.39. The first kappa shape index (κ1) is 14.1. The van der Waals surface area contributed by atoms with E-state index in [1.165, 1.54) is 17.6 Å². The molecule has 0 amide bonds. The molecular formula is C13H19NO2S. The minimum absolute atomic E-state index is 0.151. The summed E-state index contributed by atoms with van der Waals surface area (Å²) in [6.07, 6.45) is 0.455. The largest absolute Gasteiger partial charge is 0.469 e. The van der Waals surface area contributed by atoms with Crippen molar-refractivity contribution in [2.75, 3.05) is 19.4 Å². The van der Waals surface area contributed by atoms with E-state index >= 15 is 0 Å². The minimum Gasteiger partial charge on any atom is -0.469 e. The summed E-state index contributed by atoms with van der Waals surface area (Å²) in [5, 5.41) is 3.31. The Hall–Kier alpha value is -1.00. The van der Waals surface area contributed by atoms with Crippen molar-refractivity contribution in [2.45, 2.75) is 24.8 Å². The number of thioether (sulfide) groups is 1. The molecule has 0 atom stereocenters. The van der Waals surface area contributed by atoms with E-state index in [1.54, 1.807) is 11.8 Å². The van der Waals surface area contributed by atoms with Gasteiger partial charge in [0.2, 0.25) is 0 Å². The minimum atomic E-state index is -0.151. The number of carbonyl (C=O) groups is 1. The average molecular weight is 253 g/mol. The summed E-state index contributed by atoms with van der Waals surface area (Å²) < 4.78 is 4.62. The SMILES string of the molecule is CCNCc1ccccc1SCCC(=O)OC. The number of hydrogen-bond acceptors (Lipinski definition) is 4. The van der Waals surface area contributed by atoms with Crippen LogP contribution < -0.4 is 5.32 Å². The Labute approximate surface area is 107 Å². The van der Waals surface area contributed by atoms with E-state index in [-0.39, 0.29) is 5.97 Å². The molecular weight excluding hydrogens is 234 g/mol. The van der Waals surface area contributed by atoms with Gasteiger partial charge in [-0.25, -0.2) is 0 Å². The molecule has 0 aliphatic carbocycles. The highest BCUT2D eigenvalue weighted by molar-refractivity contribution is 7.99. The van der Waals surface area contributed by atoms with Crippen molar-refractivity contribution in [1.82, 2.24) is 5.32 Å². The third kappa shape index (κ3) is 5.24. The molecule has 0 aliphatic heterocycles. The number of ether oxygens (including phenoxy) is 1. The molecule has 0 aromatic heterocycles. The monoisotopic (exact) mass is 253 g/mol. The van der Waals surface area contributed by atoms with Crippen LogP contribution in [-0.2, 0) is 16.1 Å². The van der Waals surface area contributed by atoms with Gasteiger partial charge in [0, 0.05) is 17.2 Å². The molecule has 0 bridgehead atoms. The molecule has 4 heteroatoms. The van der Waals surface area contributed by atoms with E-state index in [9.17, 15) is 4.79 Å². The van der Waals surface area contributed by atoms with Crippen LogP contribution in [0, 0.1) is 0 Å². The molecule has 0 fully saturated rings. The summed E-state index contributed by atoms with van der Waals surface area (Å²) in [5.41, 5.74) is 1.28. The lowest BCUT2D eigenvalue weighted by Gasteiger charge is -2.08. The Morgan fingerprint density at radius 1 is 1.41 bits per heavy atom. The van der Waals surface area contributed by atoms with Crippen LogP contribution in [0.15, 0.2) is 29.2 Å². The molecule has 0 heterocycles. The average Bonchev–Trinajstić information content (AvgIpc) is 2.37. The number of esters is 1. The highest BCUT2D eigenvalue weighted by atomic mass is 32.2. The number of methoxy groups -OCH3 is 1. The zero-order valence-electron chi connectivity index (χ0n) is 10.4. The second-order valence-electron chi connectivity index (χ2n) is 3.56. The Kier molecular flexibility index (Phi) is 6.74. The fourth-order valence-electron chi connectivity index (χ4n) is 1.40. The maximum atomic E-state index is 11.0. The van der Waals surface area contributed by atoms with Crippen molar-refractivity contribution in [3.05, 3.63) is 29.8 Å². The maximum Gasteiger partial charge on any atom is 0.306 e. The van der Waals surface area contributed by atoms with E-state index < -0.39 is 0 Å². The van der Waals surface area contributed by atoms with Gasteiger partial charge in [-0.05, 0) is 18.2 Å². The summed E-state index contributed by atoms with van der Waals surface area (Å²) in [6, 6.07) is 8.27. The molecule has 0 radical (unpaired) electrons. The Bertz CT molecular complexity index is 355. The highest BCUT2D eigenvalue weighted by Crippen LogP contribution is 2.23. The normalized spacial score (nSPS) is 10.2. The molecule has 0 unspecified atom stereocenters. The van der Waals surface area contributed by atoms with E-state index in [4.69, 9.17) is 0 Å². The Balaban J connectivity index is 2.48. The Morgan fingerprint density at radius 2 is 2.18 bits per heavy atom. The van der Waals surface area contributed by atoms with Gasteiger partial charge in [0.15, 0.2) is 0 Å². The number of rotatable bonds is 7. The molecule has 1 N–H and O–H groups in total. The van der Waals surface area contributed by atoms with Gasteiger partial charge in [-0.2, -0.15) is 0 Å². The van der Waals surface area contributed by atoms with E-state index in [0.29, 0.717) is 6.42 Å². The molecule has 3 nitrogen and oxygen atoms in total. The van der Waals surface area contributed by atoms with Gasteiger partial charge in [0.1, 0.15) is 0 Å². The maximum absolute atomic E-state index is 11.0. The van der Waals surface area contributed by atoms with Gasteiger partial charge in [0.25, 0.3) is 0 Å². The number of carbonyl (C=O) groups excluding carboxylic acids is 1. The van der Waals surface area contributed by atoms with Crippen molar-refractivity contribution < 1.29 is 9.53 Å². The zero-order chi connectivity index (χ0) is 12.5. The second kappa shape index (κ2) is 8.14. The molecule has 94 valence electrons. The van der Waals surface area contributed by atoms with Crippen molar-refractivity contribution in [1.29, 1.82) is 0 Å². The van der Waals surface area contributed by atoms with Gasteiger partial charge in [-0.3, -0.25) is 4.79 Å². The van der Waals surface area contributed by atoms with Gasteiger partial charge in [-0.1, -0.05) is 25.1 Å². The lowest BCUT2D eigenvalue weighted by atomic mass is 10.2. The topological polar surface area (TPSA) is 38.3 Å². The predicted octanol–water partition coefficient (Wildman–Crippen LogP) is 2.45. The van der Waals surface area contributed by atoms with Crippen LogP contribution in [0.4, 0.5) is 0 Å². The van der Waals surface area contributed by atoms with Crippen LogP contribution in [0.3, 0.4) is 0 Å². The third-order valence-corrected chi connectivity index (χ3v) is 3.45. The van der Waals surface area contributed by atoms with Crippen LogP contribution in [-0.4, -0.2) is 25.4 Å². The molecule has 17 heavy (non-hydrogen) atoms. The van der Waals surface area contributed by atoms with Gasteiger partial charge in [-0.15, -0.1) is 11.8 Å². The Morgan fingerprint density at radius 3 is 2.88 bits per heavy atom. The van der Waals surface area contributed by atoms with Crippen LogP contribution in [0.2, 0.25) is 0 Å². The summed E-state index contributed by atoms with van der Waals surface area (Å²) >= 11 is 1.70. The number of nitrogens with one attached hydrogen (secondary N) is 1. The standard InChI is InChI=1S/C13H19NO2S/c1-3-14-10-11-6-4-5-7-12(11)17-9-8-13(15)16-2/h4-7,14H,3,8-10H2,1-2H3. The molecule has 0 saturated heterocycles. The van der Waals surface area contributed by atoms with Crippen molar-refractivity contribution in [2.24, 2.45) is 0 Å². The molecule has 0 spiro atoms. The van der Waals surface area contributed by atoms with E-state index in [1.807, 2.05) is 12.1 Å². The van der Waals surface area contributed by atoms with Crippen molar-refractivity contribution in [3.8, 4) is 0 Å². The number of benzene rings is 1. The zero-order valence-corrected chi connectivity index (χ0v) is 11.2. The van der Waals surface area contributed by atoms with Crippen molar-refractivity contribution >= 4 is 17.7 Å². The number of hydrogen-bond donors (Lipinski definition) is 1. The molecule has 1 aromatic rings. The molecule has 0 saturated carbocycles. The fraction of sp³-hybridized carbons (Fsp3) is 0.462.